The molecule has 1 aliphatic rings. The van der Waals surface area contributed by atoms with Crippen LogP contribution in [0.3, 0.4) is 0 Å². The first-order chi connectivity index (χ1) is 5.52. The van der Waals surface area contributed by atoms with Crippen LogP contribution in [-0.4, -0.2) is 35.1 Å². The van der Waals surface area contributed by atoms with E-state index in [9.17, 15) is 9.90 Å². The number of amides is 1. The summed E-state index contributed by atoms with van der Waals surface area (Å²) in [6.07, 6.45) is -0.808. The maximum Gasteiger partial charge on any atom is 0.251 e. The molecule has 0 spiro atoms. The van der Waals surface area contributed by atoms with Crippen LogP contribution in [0, 0.1) is 11.8 Å². The number of hydrogen-bond acceptors (Lipinski definition) is 2. The Morgan fingerprint density at radius 2 is 2.00 bits per heavy atom. The van der Waals surface area contributed by atoms with E-state index in [0.29, 0.717) is 5.92 Å². The smallest absolute Gasteiger partial charge is 0.251 e. The topological polar surface area (TPSA) is 40.5 Å². The van der Waals surface area contributed by atoms with Crippen molar-refractivity contribution < 1.29 is 9.90 Å². The van der Waals surface area contributed by atoms with E-state index in [-0.39, 0.29) is 11.8 Å². The molecule has 0 unspecified atom stereocenters. The van der Waals surface area contributed by atoms with Crippen LogP contribution in [0.2, 0.25) is 0 Å². The van der Waals surface area contributed by atoms with E-state index in [0.717, 1.165) is 13.1 Å². The molecule has 0 saturated carbocycles. The zero-order valence-electron chi connectivity index (χ0n) is 7.95. The first kappa shape index (κ1) is 9.52. The van der Waals surface area contributed by atoms with Gasteiger partial charge in [0, 0.05) is 13.1 Å². The predicted molar refractivity (Wildman–Crippen MR) is 46.6 cm³/mol. The monoisotopic (exact) mass is 171 g/mol. The number of likely N-dealkylation sites (tertiary alicyclic amines) is 1. The van der Waals surface area contributed by atoms with Gasteiger partial charge in [0.1, 0.15) is 6.10 Å². The highest BCUT2D eigenvalue weighted by Gasteiger charge is 2.32. The van der Waals surface area contributed by atoms with E-state index < -0.39 is 6.10 Å². The average Bonchev–Trinajstić information content (AvgIpc) is 1.95. The fraction of sp³-hybridized carbons (Fsp3) is 0.889. The van der Waals surface area contributed by atoms with Crippen molar-refractivity contribution in [3.8, 4) is 0 Å². The molecular weight excluding hydrogens is 154 g/mol. The van der Waals surface area contributed by atoms with Crippen LogP contribution in [0.15, 0.2) is 0 Å². The largest absolute Gasteiger partial charge is 0.383 e. The van der Waals surface area contributed by atoms with Gasteiger partial charge in [0.15, 0.2) is 0 Å². The van der Waals surface area contributed by atoms with E-state index in [1.54, 1.807) is 4.90 Å². The molecule has 12 heavy (non-hydrogen) atoms. The molecule has 0 aliphatic carbocycles. The minimum absolute atomic E-state index is 0.0217. The van der Waals surface area contributed by atoms with Crippen LogP contribution in [0.5, 0.6) is 0 Å². The molecule has 1 N–H and O–H groups in total. The van der Waals surface area contributed by atoms with Crippen LogP contribution < -0.4 is 0 Å². The van der Waals surface area contributed by atoms with Gasteiger partial charge in [-0.05, 0) is 11.8 Å². The van der Waals surface area contributed by atoms with Crippen molar-refractivity contribution in [2.24, 2.45) is 11.8 Å². The van der Waals surface area contributed by atoms with E-state index in [1.165, 1.54) is 0 Å². The summed E-state index contributed by atoms with van der Waals surface area (Å²) < 4.78 is 0. The number of carbonyl (C=O) groups is 1. The molecule has 70 valence electrons. The Bertz CT molecular complexity index is 173. The third kappa shape index (κ3) is 1.78. The lowest BCUT2D eigenvalue weighted by molar-refractivity contribution is -0.148. The summed E-state index contributed by atoms with van der Waals surface area (Å²) in [4.78, 5) is 13.1. The Hall–Kier alpha value is -0.570. The van der Waals surface area contributed by atoms with Gasteiger partial charge in [-0.25, -0.2) is 0 Å². The summed E-state index contributed by atoms with van der Waals surface area (Å²) in [5.74, 6) is 0.518. The summed E-state index contributed by atoms with van der Waals surface area (Å²) in [5, 5.41) is 9.43. The lowest BCUT2D eigenvalue weighted by Crippen LogP contribution is -2.53. The minimum Gasteiger partial charge on any atom is -0.383 e. The molecule has 0 radical (unpaired) electrons. The van der Waals surface area contributed by atoms with Gasteiger partial charge in [-0.3, -0.25) is 4.79 Å². The summed E-state index contributed by atoms with van der Waals surface area (Å²) in [6.45, 7) is 7.42. The summed E-state index contributed by atoms with van der Waals surface area (Å²) >= 11 is 0. The lowest BCUT2D eigenvalue weighted by atomic mass is 9.99. The third-order valence-corrected chi connectivity index (χ3v) is 2.26. The molecule has 1 atom stereocenters. The summed E-state index contributed by atoms with van der Waals surface area (Å²) in [6, 6.07) is 0. The van der Waals surface area contributed by atoms with Crippen molar-refractivity contribution >= 4 is 5.91 Å². The standard InChI is InChI=1S/C9H17NO2/c1-6(2)8(11)9(12)10-4-7(3)5-10/h6-8,11H,4-5H2,1-3H3/t8-/m1/s1. The highest BCUT2D eigenvalue weighted by molar-refractivity contribution is 5.81. The second kappa shape index (κ2) is 3.44. The van der Waals surface area contributed by atoms with Gasteiger partial charge in [0.25, 0.3) is 5.91 Å². The average molecular weight is 171 g/mol. The second-order valence-corrected chi connectivity index (χ2v) is 4.04. The molecule has 1 amide bonds. The molecule has 1 saturated heterocycles. The molecule has 0 aromatic heterocycles. The normalized spacial score (nSPS) is 20.9. The molecule has 1 aliphatic heterocycles. The van der Waals surface area contributed by atoms with Crippen molar-refractivity contribution in [2.75, 3.05) is 13.1 Å². The van der Waals surface area contributed by atoms with Crippen LogP contribution in [-0.2, 0) is 4.79 Å². The van der Waals surface area contributed by atoms with E-state index in [4.69, 9.17) is 0 Å². The molecular formula is C9H17NO2. The molecule has 0 aromatic rings. The molecule has 0 aromatic carbocycles. The van der Waals surface area contributed by atoms with Gasteiger partial charge >= 0.3 is 0 Å². The minimum atomic E-state index is -0.808. The van der Waals surface area contributed by atoms with Gasteiger partial charge in [0.05, 0.1) is 0 Å². The Morgan fingerprint density at radius 1 is 1.50 bits per heavy atom. The van der Waals surface area contributed by atoms with Gasteiger partial charge in [-0.15, -0.1) is 0 Å². The first-order valence-corrected chi connectivity index (χ1v) is 4.49. The maximum atomic E-state index is 11.4. The molecule has 3 heteroatoms. The first-order valence-electron chi connectivity index (χ1n) is 4.49. The van der Waals surface area contributed by atoms with Crippen molar-refractivity contribution in [3.63, 3.8) is 0 Å². The molecule has 0 bridgehead atoms. The van der Waals surface area contributed by atoms with Gasteiger partial charge in [0.2, 0.25) is 0 Å². The van der Waals surface area contributed by atoms with Crippen LogP contribution in [0.4, 0.5) is 0 Å². The zero-order valence-corrected chi connectivity index (χ0v) is 7.95. The van der Waals surface area contributed by atoms with Crippen LogP contribution in [0.25, 0.3) is 0 Å². The fourth-order valence-corrected chi connectivity index (χ4v) is 1.35. The maximum absolute atomic E-state index is 11.4. The Kier molecular flexibility index (Phi) is 2.73. The fourth-order valence-electron chi connectivity index (χ4n) is 1.35. The number of nitrogens with zero attached hydrogens (tertiary/aromatic N) is 1. The molecule has 1 fully saturated rings. The SMILES string of the molecule is CC1CN(C(=O)[C@H](O)C(C)C)C1. The number of aliphatic hydroxyl groups excluding tert-OH is 1. The van der Waals surface area contributed by atoms with E-state index in [1.807, 2.05) is 13.8 Å². The summed E-state index contributed by atoms with van der Waals surface area (Å²) in [7, 11) is 0. The molecule has 3 nitrogen and oxygen atoms in total. The number of aliphatic hydroxyl groups is 1. The van der Waals surface area contributed by atoms with Crippen molar-refractivity contribution in [2.45, 2.75) is 26.9 Å². The van der Waals surface area contributed by atoms with Gasteiger partial charge < -0.3 is 10.0 Å². The Balaban J connectivity index is 2.38. The number of carbonyl (C=O) groups excluding carboxylic acids is 1. The second-order valence-electron chi connectivity index (χ2n) is 4.04. The molecule has 1 heterocycles. The van der Waals surface area contributed by atoms with Crippen molar-refractivity contribution in [3.05, 3.63) is 0 Å². The lowest BCUT2D eigenvalue weighted by Gasteiger charge is -2.38. The van der Waals surface area contributed by atoms with E-state index in [2.05, 4.69) is 6.92 Å². The van der Waals surface area contributed by atoms with Gasteiger partial charge in [-0.1, -0.05) is 20.8 Å². The number of rotatable bonds is 2. The van der Waals surface area contributed by atoms with Gasteiger partial charge in [-0.2, -0.15) is 0 Å². The van der Waals surface area contributed by atoms with Crippen LogP contribution in [0.1, 0.15) is 20.8 Å². The Morgan fingerprint density at radius 3 is 2.33 bits per heavy atom. The molecule has 1 rings (SSSR count). The van der Waals surface area contributed by atoms with Crippen molar-refractivity contribution in [1.82, 2.24) is 4.90 Å². The third-order valence-electron chi connectivity index (χ3n) is 2.26. The number of hydrogen-bond donors (Lipinski definition) is 1. The highest BCUT2D eigenvalue weighted by atomic mass is 16.3. The summed E-state index contributed by atoms with van der Waals surface area (Å²) in [5.41, 5.74) is 0. The van der Waals surface area contributed by atoms with Crippen molar-refractivity contribution in [1.29, 1.82) is 0 Å². The van der Waals surface area contributed by atoms with E-state index >= 15 is 0 Å². The Labute approximate surface area is 73.4 Å². The van der Waals surface area contributed by atoms with Crippen LogP contribution >= 0.6 is 0 Å². The quantitative estimate of drug-likeness (QED) is 0.656. The predicted octanol–water partition coefficient (Wildman–Crippen LogP) is 0.482. The zero-order chi connectivity index (χ0) is 9.30. The highest BCUT2D eigenvalue weighted by Crippen LogP contribution is 2.17.